The number of nitrogens with zero attached hydrogens (tertiary/aromatic N) is 3. The van der Waals surface area contributed by atoms with Crippen molar-refractivity contribution in [3.8, 4) is 0 Å². The number of aromatic nitrogens is 2. The molecule has 0 unspecified atom stereocenters. The topological polar surface area (TPSA) is 96.3 Å². The largest absolute Gasteiger partial charge is 0.331 e. The van der Waals surface area contributed by atoms with E-state index in [1.54, 1.807) is 6.20 Å². The Morgan fingerprint density at radius 2 is 1.93 bits per heavy atom. The minimum atomic E-state index is -0.822. The van der Waals surface area contributed by atoms with E-state index in [1.165, 1.54) is 0 Å². The van der Waals surface area contributed by atoms with Crippen LogP contribution in [-0.4, -0.2) is 44.4 Å². The fraction of sp³-hybridized carbons (Fsp3) is 0.455. The van der Waals surface area contributed by atoms with Gasteiger partial charge in [0.05, 0.1) is 0 Å². The number of carbonyl (C=O) groups excluding carboxylic acids is 3. The highest BCUT2D eigenvalue weighted by Gasteiger charge is 2.52. The molecular weight excluding hydrogens is 382 g/mol. The van der Waals surface area contributed by atoms with Crippen molar-refractivity contribution in [2.45, 2.75) is 51.6 Å². The third-order valence-electron chi connectivity index (χ3n) is 6.19. The fourth-order valence-corrected chi connectivity index (χ4v) is 4.22. The summed E-state index contributed by atoms with van der Waals surface area (Å²) in [7, 11) is 0. The normalized spacial score (nSPS) is 23.7. The molecule has 1 spiro atoms. The van der Waals surface area contributed by atoms with Gasteiger partial charge in [-0.15, -0.1) is 0 Å². The van der Waals surface area contributed by atoms with Crippen molar-refractivity contribution < 1.29 is 14.4 Å². The molecule has 2 aliphatic rings. The molecule has 4 rings (SSSR count). The van der Waals surface area contributed by atoms with Gasteiger partial charge in [-0.1, -0.05) is 19.1 Å². The van der Waals surface area contributed by atoms with Crippen LogP contribution in [-0.2, 0) is 16.1 Å². The molecule has 0 bridgehead atoms. The highest BCUT2D eigenvalue weighted by molar-refractivity contribution is 6.10. The van der Waals surface area contributed by atoms with Gasteiger partial charge in [-0.3, -0.25) is 14.5 Å². The summed E-state index contributed by atoms with van der Waals surface area (Å²) >= 11 is 0. The number of imide groups is 1. The van der Waals surface area contributed by atoms with Crippen LogP contribution in [0.25, 0.3) is 0 Å². The van der Waals surface area contributed by atoms with Crippen LogP contribution >= 0.6 is 0 Å². The second-order valence-electron chi connectivity index (χ2n) is 8.43. The van der Waals surface area contributed by atoms with E-state index in [-0.39, 0.29) is 12.5 Å². The maximum absolute atomic E-state index is 12.9. The lowest BCUT2D eigenvalue weighted by Gasteiger charge is -2.33. The average Bonchev–Trinajstić information content (AvgIpc) is 3.22. The van der Waals surface area contributed by atoms with E-state index in [0.29, 0.717) is 31.0 Å². The first-order valence-corrected chi connectivity index (χ1v) is 10.4. The summed E-state index contributed by atoms with van der Waals surface area (Å²) in [6.45, 7) is 4.52. The van der Waals surface area contributed by atoms with Gasteiger partial charge in [-0.05, 0) is 56.2 Å². The minimum Gasteiger partial charge on any atom is -0.331 e. The Hall–Kier alpha value is -3.16. The maximum Gasteiger partial charge on any atom is 0.325 e. The predicted molar refractivity (Wildman–Crippen MR) is 112 cm³/mol. The second-order valence-corrected chi connectivity index (χ2v) is 8.43. The number of urea groups is 1. The van der Waals surface area contributed by atoms with Crippen molar-refractivity contribution in [1.82, 2.24) is 19.8 Å². The van der Waals surface area contributed by atoms with Crippen LogP contribution < -0.4 is 10.6 Å². The molecule has 4 amide bonds. The van der Waals surface area contributed by atoms with Crippen LogP contribution in [0.15, 0.2) is 36.7 Å². The molecule has 30 heavy (non-hydrogen) atoms. The molecule has 2 fully saturated rings. The van der Waals surface area contributed by atoms with E-state index >= 15 is 0 Å². The Kier molecular flexibility index (Phi) is 5.32. The zero-order chi connectivity index (χ0) is 21.3. The van der Waals surface area contributed by atoms with Gasteiger partial charge in [0.15, 0.2) is 0 Å². The zero-order valence-corrected chi connectivity index (χ0v) is 17.4. The number of aryl methyl sites for hydroxylation is 1. The summed E-state index contributed by atoms with van der Waals surface area (Å²) in [5, 5.41) is 5.62. The van der Waals surface area contributed by atoms with Gasteiger partial charge in [0.25, 0.3) is 5.91 Å². The van der Waals surface area contributed by atoms with Gasteiger partial charge in [0.1, 0.15) is 17.9 Å². The number of hydrogen-bond donors (Lipinski definition) is 2. The molecule has 8 nitrogen and oxygen atoms in total. The second kappa shape index (κ2) is 7.93. The SMILES string of the molecule is Cc1nccn1Cc1ccc(NC(=O)CN2C(=O)NC3(CCC(C)CC3)C2=O)cc1. The number of amides is 4. The van der Waals surface area contributed by atoms with Crippen molar-refractivity contribution in [2.24, 2.45) is 5.92 Å². The molecule has 1 aliphatic carbocycles. The van der Waals surface area contributed by atoms with Crippen LogP contribution in [0.1, 0.15) is 44.0 Å². The number of rotatable bonds is 5. The van der Waals surface area contributed by atoms with Crippen LogP contribution in [0.5, 0.6) is 0 Å². The molecule has 2 aromatic rings. The smallest absolute Gasteiger partial charge is 0.325 e. The molecule has 2 heterocycles. The molecular formula is C22H27N5O3. The van der Waals surface area contributed by atoms with Crippen LogP contribution in [0.2, 0.25) is 0 Å². The average molecular weight is 409 g/mol. The summed E-state index contributed by atoms with van der Waals surface area (Å²) in [4.78, 5) is 42.9. The minimum absolute atomic E-state index is 0.277. The molecule has 1 saturated heterocycles. The first-order chi connectivity index (χ1) is 14.4. The zero-order valence-electron chi connectivity index (χ0n) is 17.4. The number of imidazole rings is 1. The van der Waals surface area contributed by atoms with E-state index < -0.39 is 17.5 Å². The van der Waals surface area contributed by atoms with Gasteiger partial charge in [-0.2, -0.15) is 0 Å². The summed E-state index contributed by atoms with van der Waals surface area (Å²) in [6.07, 6.45) is 6.75. The number of benzene rings is 1. The van der Waals surface area contributed by atoms with Crippen molar-refractivity contribution in [3.05, 3.63) is 48.0 Å². The van der Waals surface area contributed by atoms with E-state index in [1.807, 2.05) is 42.0 Å². The Labute approximate surface area is 175 Å². The third-order valence-corrected chi connectivity index (χ3v) is 6.19. The van der Waals surface area contributed by atoms with Gasteiger partial charge in [-0.25, -0.2) is 9.78 Å². The fourth-order valence-electron chi connectivity index (χ4n) is 4.22. The molecule has 1 aliphatic heterocycles. The standard InChI is InChI=1S/C22H27N5O3/c1-15-7-9-22(10-8-15)20(29)27(21(30)25-22)14-19(28)24-18-5-3-17(4-6-18)13-26-12-11-23-16(26)2/h3-6,11-12,15H,7-10,13-14H2,1-2H3,(H,24,28)(H,25,30). The first-order valence-electron chi connectivity index (χ1n) is 10.4. The maximum atomic E-state index is 12.9. The van der Waals surface area contributed by atoms with Gasteiger partial charge >= 0.3 is 6.03 Å². The Balaban J connectivity index is 1.35. The van der Waals surface area contributed by atoms with Gasteiger partial charge in [0.2, 0.25) is 5.91 Å². The molecule has 0 atom stereocenters. The third kappa shape index (κ3) is 3.94. The Bertz CT molecular complexity index is 957. The van der Waals surface area contributed by atoms with Crippen molar-refractivity contribution in [3.63, 3.8) is 0 Å². The lowest BCUT2D eigenvalue weighted by atomic mass is 9.77. The molecule has 2 N–H and O–H groups in total. The van der Waals surface area contributed by atoms with E-state index in [4.69, 9.17) is 0 Å². The molecule has 1 aromatic carbocycles. The highest BCUT2D eigenvalue weighted by Crippen LogP contribution is 2.36. The van der Waals surface area contributed by atoms with E-state index in [2.05, 4.69) is 22.5 Å². The number of hydrogen-bond acceptors (Lipinski definition) is 4. The van der Waals surface area contributed by atoms with E-state index in [0.717, 1.165) is 29.1 Å². The number of carbonyl (C=O) groups is 3. The van der Waals surface area contributed by atoms with Crippen molar-refractivity contribution in [1.29, 1.82) is 0 Å². The molecule has 0 radical (unpaired) electrons. The van der Waals surface area contributed by atoms with E-state index in [9.17, 15) is 14.4 Å². The van der Waals surface area contributed by atoms with Crippen LogP contribution in [0.4, 0.5) is 10.5 Å². The summed E-state index contributed by atoms with van der Waals surface area (Å²) in [5.41, 5.74) is 0.882. The predicted octanol–water partition coefficient (Wildman–Crippen LogP) is 2.68. The monoisotopic (exact) mass is 409 g/mol. The lowest BCUT2D eigenvalue weighted by molar-refractivity contribution is -0.135. The lowest BCUT2D eigenvalue weighted by Crippen LogP contribution is -2.49. The number of anilines is 1. The summed E-state index contributed by atoms with van der Waals surface area (Å²) < 4.78 is 2.03. The van der Waals surface area contributed by atoms with Crippen molar-refractivity contribution in [2.75, 3.05) is 11.9 Å². The Morgan fingerprint density at radius 1 is 1.23 bits per heavy atom. The highest BCUT2D eigenvalue weighted by atomic mass is 16.2. The molecule has 1 saturated carbocycles. The molecule has 8 heteroatoms. The van der Waals surface area contributed by atoms with Gasteiger partial charge < -0.3 is 15.2 Å². The number of nitrogens with one attached hydrogen (secondary N) is 2. The Morgan fingerprint density at radius 3 is 2.57 bits per heavy atom. The first kappa shape index (κ1) is 20.1. The summed E-state index contributed by atoms with van der Waals surface area (Å²) in [6, 6.07) is 7.02. The van der Waals surface area contributed by atoms with Crippen LogP contribution in [0, 0.1) is 12.8 Å². The van der Waals surface area contributed by atoms with Crippen molar-refractivity contribution >= 4 is 23.5 Å². The summed E-state index contributed by atoms with van der Waals surface area (Å²) in [5.74, 6) is 0.822. The van der Waals surface area contributed by atoms with Gasteiger partial charge in [0, 0.05) is 24.6 Å². The van der Waals surface area contributed by atoms with Crippen LogP contribution in [0.3, 0.4) is 0 Å². The molecule has 158 valence electrons. The quantitative estimate of drug-likeness (QED) is 0.742. The molecule has 1 aromatic heterocycles.